The predicted octanol–water partition coefficient (Wildman–Crippen LogP) is 3.49. The molecule has 0 spiro atoms. The van der Waals surface area contributed by atoms with Crippen molar-refractivity contribution >= 4 is 28.8 Å². The number of carbonyl (C=O) groups excluding carboxylic acids is 1. The fourth-order valence-corrected chi connectivity index (χ4v) is 4.40. The summed E-state index contributed by atoms with van der Waals surface area (Å²) in [4.78, 5) is 21.4. The Morgan fingerprint density at radius 3 is 2.50 bits per heavy atom. The summed E-state index contributed by atoms with van der Waals surface area (Å²) in [5.41, 5.74) is 11.8. The number of nitrogen functional groups attached to an aromatic ring is 1. The average molecular weight is 466 g/mol. The largest absolute Gasteiger partial charge is 0.395 e. The zero-order chi connectivity index (χ0) is 24.7. The summed E-state index contributed by atoms with van der Waals surface area (Å²) in [7, 11) is 4.09. The number of anilines is 2. The van der Waals surface area contributed by atoms with Gasteiger partial charge in [0.1, 0.15) is 0 Å². The van der Waals surface area contributed by atoms with E-state index in [2.05, 4.69) is 32.2 Å². The standard InChI is InChI=1S/C26H39N7O/c1-18-7-9-22(10-8-18)29-19(2)24-20(3)30-31-26(25(24)27)33-15-11-21(12-16-33)17-23(34)28-13-6-14-32(4)5/h7-10,21H,6,11-17H2,1-5H3,(H2,27,30)(H,28,34). The Hall–Kier alpha value is -3.00. The zero-order valence-electron chi connectivity index (χ0n) is 21.3. The Labute approximate surface area is 203 Å². The molecule has 2 heterocycles. The first kappa shape index (κ1) is 25.6. The summed E-state index contributed by atoms with van der Waals surface area (Å²) in [5, 5.41) is 11.9. The van der Waals surface area contributed by atoms with Crippen LogP contribution in [-0.4, -0.2) is 67.0 Å². The van der Waals surface area contributed by atoms with Gasteiger partial charge in [0.15, 0.2) is 5.82 Å². The number of nitrogens with two attached hydrogens (primary N) is 1. The molecule has 0 atom stereocenters. The van der Waals surface area contributed by atoms with Gasteiger partial charge in [-0.25, -0.2) is 0 Å². The molecule has 2 aromatic rings. The molecule has 1 aromatic heterocycles. The third kappa shape index (κ3) is 7.00. The quantitative estimate of drug-likeness (QED) is 0.434. The van der Waals surface area contributed by atoms with E-state index in [0.29, 0.717) is 23.8 Å². The number of aromatic nitrogens is 2. The number of hydrogen-bond donors (Lipinski definition) is 2. The van der Waals surface area contributed by atoms with Gasteiger partial charge in [0.25, 0.3) is 0 Å². The molecule has 1 amide bonds. The summed E-state index contributed by atoms with van der Waals surface area (Å²) < 4.78 is 0. The highest BCUT2D eigenvalue weighted by atomic mass is 16.1. The second-order valence-corrected chi connectivity index (χ2v) is 9.57. The molecular formula is C26H39N7O. The average Bonchev–Trinajstić information content (AvgIpc) is 2.79. The molecule has 3 N–H and O–H groups in total. The number of aliphatic imine (C=N–C) groups is 1. The summed E-state index contributed by atoms with van der Waals surface area (Å²) >= 11 is 0. The van der Waals surface area contributed by atoms with Crippen molar-refractivity contribution < 1.29 is 4.79 Å². The smallest absolute Gasteiger partial charge is 0.220 e. The lowest BCUT2D eigenvalue weighted by molar-refractivity contribution is -0.122. The van der Waals surface area contributed by atoms with Gasteiger partial charge in [0, 0.05) is 37.3 Å². The van der Waals surface area contributed by atoms with Crippen LogP contribution in [0.3, 0.4) is 0 Å². The molecule has 3 rings (SSSR count). The highest BCUT2D eigenvalue weighted by molar-refractivity contribution is 6.06. The summed E-state index contributed by atoms with van der Waals surface area (Å²) in [6.45, 7) is 9.28. The van der Waals surface area contributed by atoms with Crippen molar-refractivity contribution in [3.8, 4) is 0 Å². The van der Waals surface area contributed by atoms with Crippen LogP contribution in [0.4, 0.5) is 17.2 Å². The topological polar surface area (TPSA) is 99.7 Å². The molecule has 1 aliphatic rings. The van der Waals surface area contributed by atoms with E-state index in [1.54, 1.807) is 0 Å². The summed E-state index contributed by atoms with van der Waals surface area (Å²) in [6.07, 6.45) is 3.42. The van der Waals surface area contributed by atoms with Crippen molar-refractivity contribution in [3.63, 3.8) is 0 Å². The van der Waals surface area contributed by atoms with Gasteiger partial charge in [0.2, 0.25) is 5.91 Å². The van der Waals surface area contributed by atoms with E-state index in [4.69, 9.17) is 10.7 Å². The van der Waals surface area contributed by atoms with Crippen LogP contribution < -0.4 is 16.0 Å². The van der Waals surface area contributed by atoms with Crippen LogP contribution in [0.2, 0.25) is 0 Å². The van der Waals surface area contributed by atoms with Crippen LogP contribution in [0.15, 0.2) is 29.3 Å². The molecule has 0 aliphatic carbocycles. The maximum atomic E-state index is 12.3. The van der Waals surface area contributed by atoms with E-state index in [-0.39, 0.29) is 5.91 Å². The molecule has 1 aromatic carbocycles. The number of nitrogens with zero attached hydrogens (tertiary/aromatic N) is 5. The van der Waals surface area contributed by atoms with Crippen molar-refractivity contribution in [2.24, 2.45) is 10.9 Å². The number of carbonyl (C=O) groups is 1. The lowest BCUT2D eigenvalue weighted by Crippen LogP contribution is -2.37. The molecule has 0 saturated carbocycles. The van der Waals surface area contributed by atoms with E-state index in [0.717, 1.165) is 68.1 Å². The highest BCUT2D eigenvalue weighted by Gasteiger charge is 2.25. The van der Waals surface area contributed by atoms with Gasteiger partial charge in [-0.3, -0.25) is 9.79 Å². The second kappa shape index (κ2) is 11.9. The minimum Gasteiger partial charge on any atom is -0.395 e. The van der Waals surface area contributed by atoms with Gasteiger partial charge in [-0.1, -0.05) is 17.7 Å². The maximum Gasteiger partial charge on any atom is 0.220 e. The first-order valence-electron chi connectivity index (χ1n) is 12.2. The lowest BCUT2D eigenvalue weighted by Gasteiger charge is -2.33. The third-order valence-electron chi connectivity index (χ3n) is 6.35. The van der Waals surface area contributed by atoms with Crippen LogP contribution >= 0.6 is 0 Å². The van der Waals surface area contributed by atoms with E-state index in [1.165, 1.54) is 5.56 Å². The van der Waals surface area contributed by atoms with E-state index >= 15 is 0 Å². The number of hydrogen-bond acceptors (Lipinski definition) is 7. The second-order valence-electron chi connectivity index (χ2n) is 9.57. The maximum absolute atomic E-state index is 12.3. The van der Waals surface area contributed by atoms with Crippen molar-refractivity contribution in [1.29, 1.82) is 0 Å². The van der Waals surface area contributed by atoms with Crippen molar-refractivity contribution in [3.05, 3.63) is 41.1 Å². The molecule has 1 saturated heterocycles. The van der Waals surface area contributed by atoms with E-state index in [1.807, 2.05) is 52.2 Å². The first-order valence-corrected chi connectivity index (χ1v) is 12.2. The summed E-state index contributed by atoms with van der Waals surface area (Å²) in [5.74, 6) is 1.25. The van der Waals surface area contributed by atoms with Crippen LogP contribution in [0.1, 0.15) is 49.4 Å². The lowest BCUT2D eigenvalue weighted by atomic mass is 9.93. The Balaban J connectivity index is 1.61. The fraction of sp³-hybridized carbons (Fsp3) is 0.538. The minimum absolute atomic E-state index is 0.150. The Kier molecular flexibility index (Phi) is 8.98. The van der Waals surface area contributed by atoms with Crippen LogP contribution in [0.5, 0.6) is 0 Å². The molecule has 34 heavy (non-hydrogen) atoms. The molecule has 0 bridgehead atoms. The van der Waals surface area contributed by atoms with Crippen LogP contribution in [-0.2, 0) is 4.79 Å². The Morgan fingerprint density at radius 1 is 1.18 bits per heavy atom. The number of amides is 1. The van der Waals surface area contributed by atoms with Gasteiger partial charge in [0.05, 0.1) is 17.1 Å². The normalized spacial score (nSPS) is 15.1. The highest BCUT2D eigenvalue weighted by Crippen LogP contribution is 2.31. The SMILES string of the molecule is CC(=Nc1ccc(C)cc1)c1c(C)nnc(N2CCC(CC(=O)NCCCN(C)C)CC2)c1N. The molecule has 184 valence electrons. The van der Waals surface area contributed by atoms with Gasteiger partial charge in [-0.05, 0) is 78.7 Å². The van der Waals surface area contributed by atoms with Gasteiger partial charge < -0.3 is 20.9 Å². The minimum atomic E-state index is 0.150. The van der Waals surface area contributed by atoms with Gasteiger partial charge in [-0.2, -0.15) is 5.10 Å². The van der Waals surface area contributed by atoms with E-state index in [9.17, 15) is 4.79 Å². The Bertz CT molecular complexity index is 993. The number of aryl methyl sites for hydroxylation is 2. The number of nitrogens with one attached hydrogen (secondary N) is 1. The van der Waals surface area contributed by atoms with Gasteiger partial charge in [-0.15, -0.1) is 5.10 Å². The molecular weight excluding hydrogens is 426 g/mol. The number of benzene rings is 1. The fourth-order valence-electron chi connectivity index (χ4n) is 4.40. The molecule has 8 heteroatoms. The third-order valence-corrected chi connectivity index (χ3v) is 6.35. The van der Waals surface area contributed by atoms with Crippen LogP contribution in [0, 0.1) is 19.8 Å². The predicted molar refractivity (Wildman–Crippen MR) is 140 cm³/mol. The molecule has 0 unspecified atom stereocenters. The van der Waals surface area contributed by atoms with E-state index < -0.39 is 0 Å². The summed E-state index contributed by atoms with van der Waals surface area (Å²) in [6, 6.07) is 8.10. The molecule has 8 nitrogen and oxygen atoms in total. The molecule has 1 fully saturated rings. The number of piperidine rings is 1. The molecule has 0 radical (unpaired) electrons. The Morgan fingerprint density at radius 2 is 1.85 bits per heavy atom. The van der Waals surface area contributed by atoms with Crippen molar-refractivity contribution in [2.45, 2.75) is 46.5 Å². The van der Waals surface area contributed by atoms with Crippen LogP contribution in [0.25, 0.3) is 0 Å². The molecule has 1 aliphatic heterocycles. The van der Waals surface area contributed by atoms with Crippen molar-refractivity contribution in [2.75, 3.05) is 50.9 Å². The van der Waals surface area contributed by atoms with Crippen molar-refractivity contribution in [1.82, 2.24) is 20.4 Å². The number of rotatable bonds is 9. The first-order chi connectivity index (χ1) is 16.2. The zero-order valence-corrected chi connectivity index (χ0v) is 21.3. The van der Waals surface area contributed by atoms with Gasteiger partial charge >= 0.3 is 0 Å². The monoisotopic (exact) mass is 465 g/mol.